The summed E-state index contributed by atoms with van der Waals surface area (Å²) >= 11 is 0. The molecule has 0 bridgehead atoms. The van der Waals surface area contributed by atoms with Gasteiger partial charge in [0, 0.05) is 12.1 Å². The summed E-state index contributed by atoms with van der Waals surface area (Å²) in [6.07, 6.45) is 2.29. The second-order valence-corrected chi connectivity index (χ2v) is 4.76. The quantitative estimate of drug-likeness (QED) is 0.744. The van der Waals surface area contributed by atoms with E-state index in [1.807, 2.05) is 19.1 Å². The maximum Gasteiger partial charge on any atom is 0.124 e. The summed E-state index contributed by atoms with van der Waals surface area (Å²) < 4.78 is 5.74. The molecule has 0 spiro atoms. The molecule has 0 fully saturated rings. The van der Waals surface area contributed by atoms with Crippen molar-refractivity contribution in [2.24, 2.45) is 5.73 Å². The molecule has 0 aromatic heterocycles. The predicted octanol–water partition coefficient (Wildman–Crippen LogP) is 3.21. The van der Waals surface area contributed by atoms with Crippen molar-refractivity contribution >= 4 is 0 Å². The molecule has 19 heavy (non-hydrogen) atoms. The Morgan fingerprint density at radius 2 is 1.74 bits per heavy atom. The van der Waals surface area contributed by atoms with Crippen LogP contribution in [0.2, 0.25) is 0 Å². The second-order valence-electron chi connectivity index (χ2n) is 4.76. The third-order valence-electron chi connectivity index (χ3n) is 3.26. The summed E-state index contributed by atoms with van der Waals surface area (Å²) in [4.78, 5) is 2.47. The number of benzene rings is 1. The zero-order valence-electron chi connectivity index (χ0n) is 12.6. The standard InChI is InChI=1S/C16H28N2O/c1-4-11-18(12-5-2)15(13-17)14-9-7-8-10-16(14)19-6-3/h7-10,15H,4-6,11-13,17H2,1-3H3. The number of hydrogen-bond donors (Lipinski definition) is 1. The molecule has 1 unspecified atom stereocenters. The topological polar surface area (TPSA) is 38.5 Å². The van der Waals surface area contributed by atoms with Crippen molar-refractivity contribution in [1.82, 2.24) is 4.90 Å². The number of rotatable bonds is 9. The highest BCUT2D eigenvalue weighted by Crippen LogP contribution is 2.29. The van der Waals surface area contributed by atoms with Gasteiger partial charge in [0.25, 0.3) is 0 Å². The van der Waals surface area contributed by atoms with Gasteiger partial charge >= 0.3 is 0 Å². The Kier molecular flexibility index (Phi) is 7.53. The van der Waals surface area contributed by atoms with Crippen molar-refractivity contribution < 1.29 is 4.74 Å². The SMILES string of the molecule is CCCN(CCC)C(CN)c1ccccc1OCC. The molecule has 0 saturated carbocycles. The molecule has 0 aliphatic carbocycles. The summed E-state index contributed by atoms with van der Waals surface area (Å²) in [6.45, 7) is 9.92. The van der Waals surface area contributed by atoms with E-state index >= 15 is 0 Å². The molecule has 0 amide bonds. The number of hydrogen-bond acceptors (Lipinski definition) is 3. The van der Waals surface area contributed by atoms with E-state index < -0.39 is 0 Å². The van der Waals surface area contributed by atoms with E-state index in [-0.39, 0.29) is 6.04 Å². The lowest BCUT2D eigenvalue weighted by Gasteiger charge is -2.31. The molecule has 0 radical (unpaired) electrons. The minimum absolute atomic E-state index is 0.252. The van der Waals surface area contributed by atoms with Crippen molar-refractivity contribution in [2.45, 2.75) is 39.7 Å². The molecule has 3 nitrogen and oxygen atoms in total. The molecule has 0 aliphatic heterocycles. The molecule has 0 saturated heterocycles. The Labute approximate surface area is 117 Å². The first-order valence-corrected chi connectivity index (χ1v) is 7.44. The van der Waals surface area contributed by atoms with Crippen LogP contribution in [-0.4, -0.2) is 31.1 Å². The van der Waals surface area contributed by atoms with E-state index in [1.165, 1.54) is 5.56 Å². The number of nitrogens with two attached hydrogens (primary N) is 1. The monoisotopic (exact) mass is 264 g/mol. The average molecular weight is 264 g/mol. The highest BCUT2D eigenvalue weighted by molar-refractivity contribution is 5.36. The van der Waals surface area contributed by atoms with E-state index in [0.717, 1.165) is 31.7 Å². The van der Waals surface area contributed by atoms with Gasteiger partial charge in [-0.15, -0.1) is 0 Å². The molecule has 0 aliphatic rings. The first-order chi connectivity index (χ1) is 9.28. The van der Waals surface area contributed by atoms with Crippen molar-refractivity contribution in [3.8, 4) is 5.75 Å². The van der Waals surface area contributed by atoms with E-state index in [9.17, 15) is 0 Å². The Morgan fingerprint density at radius 1 is 1.11 bits per heavy atom. The Bertz CT molecular complexity index is 348. The van der Waals surface area contributed by atoms with Crippen molar-refractivity contribution in [3.63, 3.8) is 0 Å². The van der Waals surface area contributed by atoms with Crippen LogP contribution in [0.4, 0.5) is 0 Å². The molecular formula is C16H28N2O. The van der Waals surface area contributed by atoms with Crippen molar-refractivity contribution in [1.29, 1.82) is 0 Å². The van der Waals surface area contributed by atoms with Crippen molar-refractivity contribution in [3.05, 3.63) is 29.8 Å². The maximum absolute atomic E-state index is 6.03. The molecule has 1 atom stereocenters. The van der Waals surface area contributed by atoms with E-state index in [2.05, 4.69) is 30.9 Å². The average Bonchev–Trinajstić information content (AvgIpc) is 2.42. The molecule has 1 aromatic carbocycles. The fourth-order valence-electron chi connectivity index (χ4n) is 2.51. The third kappa shape index (κ3) is 4.51. The van der Waals surface area contributed by atoms with Crippen LogP contribution in [0, 0.1) is 0 Å². The fourth-order valence-corrected chi connectivity index (χ4v) is 2.51. The summed E-state index contributed by atoms with van der Waals surface area (Å²) in [5, 5.41) is 0. The Balaban J connectivity index is 2.99. The highest BCUT2D eigenvalue weighted by Gasteiger charge is 2.20. The van der Waals surface area contributed by atoms with Crippen LogP contribution < -0.4 is 10.5 Å². The lowest BCUT2D eigenvalue weighted by Crippen LogP contribution is -2.35. The van der Waals surface area contributed by atoms with E-state index in [0.29, 0.717) is 13.2 Å². The molecule has 0 heterocycles. The van der Waals surface area contributed by atoms with Gasteiger partial charge < -0.3 is 10.5 Å². The summed E-state index contributed by atoms with van der Waals surface area (Å²) in [7, 11) is 0. The fraction of sp³-hybridized carbons (Fsp3) is 0.625. The molecular weight excluding hydrogens is 236 g/mol. The second kappa shape index (κ2) is 8.94. The smallest absolute Gasteiger partial charge is 0.124 e. The zero-order chi connectivity index (χ0) is 14.1. The Morgan fingerprint density at radius 3 is 2.26 bits per heavy atom. The van der Waals surface area contributed by atoms with Crippen molar-refractivity contribution in [2.75, 3.05) is 26.2 Å². The molecule has 1 rings (SSSR count). The first kappa shape index (κ1) is 16.0. The highest BCUT2D eigenvalue weighted by atomic mass is 16.5. The van der Waals surface area contributed by atoms with Gasteiger partial charge in [-0.25, -0.2) is 0 Å². The van der Waals surface area contributed by atoms with Crippen LogP contribution in [0.25, 0.3) is 0 Å². The van der Waals surface area contributed by atoms with Crippen LogP contribution >= 0.6 is 0 Å². The van der Waals surface area contributed by atoms with Crippen LogP contribution in [0.15, 0.2) is 24.3 Å². The molecule has 1 aromatic rings. The normalized spacial score (nSPS) is 12.7. The minimum atomic E-state index is 0.252. The van der Waals surface area contributed by atoms with Crippen LogP contribution in [0.1, 0.15) is 45.2 Å². The van der Waals surface area contributed by atoms with Gasteiger partial charge in [-0.3, -0.25) is 4.90 Å². The Hall–Kier alpha value is -1.06. The molecule has 108 valence electrons. The number of para-hydroxylation sites is 1. The molecule has 2 N–H and O–H groups in total. The van der Waals surface area contributed by atoms with Gasteiger partial charge in [-0.2, -0.15) is 0 Å². The minimum Gasteiger partial charge on any atom is -0.494 e. The van der Waals surface area contributed by atoms with Gasteiger partial charge in [0.1, 0.15) is 5.75 Å². The van der Waals surface area contributed by atoms with Gasteiger partial charge in [-0.1, -0.05) is 32.0 Å². The van der Waals surface area contributed by atoms with Gasteiger partial charge in [-0.05, 0) is 38.9 Å². The third-order valence-corrected chi connectivity index (χ3v) is 3.26. The summed E-state index contributed by atoms with van der Waals surface area (Å²) in [5.74, 6) is 0.970. The van der Waals surface area contributed by atoms with Crippen LogP contribution in [-0.2, 0) is 0 Å². The van der Waals surface area contributed by atoms with Crippen LogP contribution in [0.3, 0.4) is 0 Å². The van der Waals surface area contributed by atoms with E-state index in [1.54, 1.807) is 0 Å². The lowest BCUT2D eigenvalue weighted by molar-refractivity contribution is 0.196. The predicted molar refractivity (Wildman–Crippen MR) is 81.6 cm³/mol. The largest absolute Gasteiger partial charge is 0.494 e. The first-order valence-electron chi connectivity index (χ1n) is 7.44. The zero-order valence-corrected chi connectivity index (χ0v) is 12.6. The lowest BCUT2D eigenvalue weighted by atomic mass is 10.0. The van der Waals surface area contributed by atoms with Gasteiger partial charge in [0.2, 0.25) is 0 Å². The van der Waals surface area contributed by atoms with Gasteiger partial charge in [0.05, 0.1) is 12.6 Å². The summed E-state index contributed by atoms with van der Waals surface area (Å²) in [5.41, 5.74) is 7.25. The molecule has 3 heteroatoms. The number of ether oxygens (including phenoxy) is 1. The van der Waals surface area contributed by atoms with Crippen LogP contribution in [0.5, 0.6) is 5.75 Å². The van der Waals surface area contributed by atoms with Gasteiger partial charge in [0.15, 0.2) is 0 Å². The summed E-state index contributed by atoms with van der Waals surface area (Å²) in [6, 6.07) is 8.52. The maximum atomic E-state index is 6.03. The number of nitrogens with zero attached hydrogens (tertiary/aromatic N) is 1. The van der Waals surface area contributed by atoms with E-state index in [4.69, 9.17) is 10.5 Å².